The highest BCUT2D eigenvalue weighted by atomic mass is 17.1. The van der Waals surface area contributed by atoms with Crippen LogP contribution >= 0.6 is 0 Å². The average Bonchev–Trinajstić information content (AvgIpc) is 3.12. The van der Waals surface area contributed by atoms with E-state index < -0.39 is 0 Å². The smallest absolute Gasteiger partial charge is 0.334 e. The van der Waals surface area contributed by atoms with Crippen LogP contribution in [0.5, 0.6) is 0 Å². The number of rotatable bonds is 1. The maximum absolute atomic E-state index is 12.0. The van der Waals surface area contributed by atoms with Crippen LogP contribution in [0.4, 0.5) is 0 Å². The van der Waals surface area contributed by atoms with Crippen LogP contribution in [0.15, 0.2) is 36.0 Å². The summed E-state index contributed by atoms with van der Waals surface area (Å²) in [4.78, 5) is 16.6. The third-order valence-corrected chi connectivity index (χ3v) is 5.89. The Hall–Kier alpha value is -1.43. The first-order valence-corrected chi connectivity index (χ1v) is 9.05. The molecule has 2 aliphatic heterocycles. The van der Waals surface area contributed by atoms with E-state index in [4.69, 9.17) is 9.47 Å². The summed E-state index contributed by atoms with van der Waals surface area (Å²) < 4.78 is 11.5. The van der Waals surface area contributed by atoms with E-state index in [-0.39, 0.29) is 35.8 Å². The number of carbonyl (C=O) groups is 1. The molecule has 2 saturated heterocycles. The molecule has 0 aromatic carbocycles. The molecule has 5 nitrogen and oxygen atoms in total. The Morgan fingerprint density at radius 2 is 2.16 bits per heavy atom. The van der Waals surface area contributed by atoms with Gasteiger partial charge in [-0.3, -0.25) is 5.26 Å². The fourth-order valence-electron chi connectivity index (χ4n) is 4.00. The van der Waals surface area contributed by atoms with Crippen LogP contribution in [-0.2, 0) is 19.2 Å². The van der Waals surface area contributed by atoms with Crippen molar-refractivity contribution < 1.29 is 24.4 Å². The summed E-state index contributed by atoms with van der Waals surface area (Å²) in [6.45, 7) is 12.1. The number of allylic oxidation sites excluding steroid dienone is 1. The molecule has 0 aromatic heterocycles. The first kappa shape index (κ1) is 18.4. The minimum atomic E-state index is -0.363. The summed E-state index contributed by atoms with van der Waals surface area (Å²) in [5, 5.41) is 9.21. The lowest BCUT2D eigenvalue weighted by atomic mass is 9.84. The Labute approximate surface area is 149 Å². The van der Waals surface area contributed by atoms with Gasteiger partial charge in [-0.05, 0) is 51.5 Å². The van der Waals surface area contributed by atoms with Crippen LogP contribution in [0, 0.1) is 5.92 Å². The molecular weight excluding hydrogens is 320 g/mol. The van der Waals surface area contributed by atoms with Gasteiger partial charge in [-0.15, -0.1) is 0 Å². The van der Waals surface area contributed by atoms with Crippen molar-refractivity contribution in [3.8, 4) is 0 Å². The van der Waals surface area contributed by atoms with Crippen molar-refractivity contribution >= 4 is 5.97 Å². The number of fused-ring (bicyclic) bond motifs is 2. The van der Waals surface area contributed by atoms with Gasteiger partial charge in [0.05, 0.1) is 11.7 Å². The fourth-order valence-corrected chi connectivity index (χ4v) is 4.00. The summed E-state index contributed by atoms with van der Waals surface area (Å²) in [6.07, 6.45) is 6.18. The minimum Gasteiger partial charge on any atom is -0.458 e. The molecule has 2 heterocycles. The van der Waals surface area contributed by atoms with Crippen molar-refractivity contribution in [1.82, 2.24) is 0 Å². The van der Waals surface area contributed by atoms with Gasteiger partial charge in [0.2, 0.25) is 0 Å². The number of esters is 1. The van der Waals surface area contributed by atoms with Gasteiger partial charge >= 0.3 is 5.97 Å². The number of epoxide rings is 1. The van der Waals surface area contributed by atoms with Gasteiger partial charge in [0.15, 0.2) is 0 Å². The molecule has 0 amide bonds. The molecule has 1 N–H and O–H groups in total. The predicted octanol–water partition coefficient (Wildman–Crippen LogP) is 3.96. The average molecular weight is 348 g/mol. The topological polar surface area (TPSA) is 68.3 Å². The van der Waals surface area contributed by atoms with Gasteiger partial charge in [-0.25, -0.2) is 9.68 Å². The van der Waals surface area contributed by atoms with Crippen LogP contribution in [0.1, 0.15) is 52.4 Å². The maximum atomic E-state index is 12.0. The largest absolute Gasteiger partial charge is 0.458 e. The van der Waals surface area contributed by atoms with Gasteiger partial charge < -0.3 is 9.47 Å². The standard InChI is InChI=1S/C20H28O5/c1-12-6-5-7-13(2)16(25-22)8-9-20(4)18(24-20)11-15-14(3)19(21)23-17(15)10-12/h6,15-18,22H,2-3,5,7-11H2,1,4H3/t15-,16+,17+,18+,20+/m1/s1. The highest BCUT2D eigenvalue weighted by Gasteiger charge is 2.54. The number of hydrogen-bond donors (Lipinski definition) is 1. The SMILES string of the molecule is C=C1CCC=C(C)C[C@@H]2OC(=O)C(=C)[C@H]2C[C@@H]2O[C@@]2(C)CC[C@@H]1OO. The molecule has 1 aliphatic carbocycles. The monoisotopic (exact) mass is 348 g/mol. The van der Waals surface area contributed by atoms with Crippen LogP contribution in [0.3, 0.4) is 0 Å². The Morgan fingerprint density at radius 1 is 1.40 bits per heavy atom. The number of hydrogen-bond acceptors (Lipinski definition) is 5. The van der Waals surface area contributed by atoms with E-state index in [9.17, 15) is 10.1 Å². The molecule has 3 rings (SSSR count). The van der Waals surface area contributed by atoms with E-state index in [1.165, 1.54) is 5.57 Å². The molecule has 25 heavy (non-hydrogen) atoms. The molecule has 0 unspecified atom stereocenters. The first-order valence-electron chi connectivity index (χ1n) is 9.05. The first-order chi connectivity index (χ1) is 11.8. The van der Waals surface area contributed by atoms with Crippen molar-refractivity contribution in [2.45, 2.75) is 76.3 Å². The highest BCUT2D eigenvalue weighted by Crippen LogP contribution is 2.47. The van der Waals surface area contributed by atoms with Crippen LogP contribution in [0.2, 0.25) is 0 Å². The number of carbonyl (C=O) groups excluding carboxylic acids is 1. The molecule has 0 bridgehead atoms. The molecule has 0 aromatic rings. The zero-order chi connectivity index (χ0) is 18.2. The molecule has 0 saturated carbocycles. The van der Waals surface area contributed by atoms with Gasteiger partial charge in [0, 0.05) is 17.9 Å². The molecule has 0 spiro atoms. The lowest BCUT2D eigenvalue weighted by molar-refractivity contribution is -0.270. The van der Waals surface area contributed by atoms with Gasteiger partial charge in [0.1, 0.15) is 12.2 Å². The van der Waals surface area contributed by atoms with Gasteiger partial charge in [-0.2, -0.15) is 0 Å². The van der Waals surface area contributed by atoms with E-state index >= 15 is 0 Å². The van der Waals surface area contributed by atoms with Crippen LogP contribution < -0.4 is 0 Å². The summed E-state index contributed by atoms with van der Waals surface area (Å²) in [7, 11) is 0. The highest BCUT2D eigenvalue weighted by molar-refractivity contribution is 5.90. The molecule has 2 fully saturated rings. The molecule has 5 heteroatoms. The second-order valence-corrected chi connectivity index (χ2v) is 7.81. The molecule has 138 valence electrons. The predicted molar refractivity (Wildman–Crippen MR) is 93.9 cm³/mol. The molecule has 0 radical (unpaired) electrons. The third kappa shape index (κ3) is 3.89. The molecule has 5 atom stereocenters. The van der Waals surface area contributed by atoms with Gasteiger partial charge in [-0.1, -0.05) is 24.8 Å². The molecule has 3 aliphatic rings. The van der Waals surface area contributed by atoms with Crippen LogP contribution in [0.25, 0.3) is 0 Å². The van der Waals surface area contributed by atoms with E-state index in [1.54, 1.807) is 0 Å². The summed E-state index contributed by atoms with van der Waals surface area (Å²) >= 11 is 0. The zero-order valence-corrected chi connectivity index (χ0v) is 15.1. The van der Waals surface area contributed by atoms with Crippen molar-refractivity contribution in [1.29, 1.82) is 0 Å². The third-order valence-electron chi connectivity index (χ3n) is 5.89. The van der Waals surface area contributed by atoms with E-state index in [2.05, 4.69) is 38.0 Å². The van der Waals surface area contributed by atoms with E-state index in [1.807, 2.05) is 0 Å². The van der Waals surface area contributed by atoms with Crippen LogP contribution in [-0.4, -0.2) is 35.1 Å². The number of ether oxygens (including phenoxy) is 2. The second-order valence-electron chi connectivity index (χ2n) is 7.81. The Balaban J connectivity index is 1.79. The quantitative estimate of drug-likeness (QED) is 0.194. The van der Waals surface area contributed by atoms with Crippen molar-refractivity contribution in [3.63, 3.8) is 0 Å². The minimum absolute atomic E-state index is 0.00506. The van der Waals surface area contributed by atoms with Crippen molar-refractivity contribution in [2.24, 2.45) is 5.92 Å². The fraction of sp³-hybridized carbons (Fsp3) is 0.650. The van der Waals surface area contributed by atoms with E-state index in [0.29, 0.717) is 18.4 Å². The Bertz CT molecular complexity index is 607. The maximum Gasteiger partial charge on any atom is 0.334 e. The molecular formula is C20H28O5. The lowest BCUT2D eigenvalue weighted by Crippen LogP contribution is -2.23. The summed E-state index contributed by atoms with van der Waals surface area (Å²) in [5.74, 6) is -0.276. The Kier molecular flexibility index (Phi) is 5.19. The summed E-state index contributed by atoms with van der Waals surface area (Å²) in [5.41, 5.74) is 2.39. The van der Waals surface area contributed by atoms with E-state index in [0.717, 1.165) is 31.3 Å². The van der Waals surface area contributed by atoms with Gasteiger partial charge in [0.25, 0.3) is 0 Å². The second kappa shape index (κ2) is 7.06. The normalized spacial score (nSPS) is 39.8. The summed E-state index contributed by atoms with van der Waals surface area (Å²) in [6, 6.07) is 0. The van der Waals surface area contributed by atoms with Crippen molar-refractivity contribution in [3.05, 3.63) is 36.0 Å². The lowest BCUT2D eigenvalue weighted by Gasteiger charge is -2.20. The van der Waals surface area contributed by atoms with Crippen molar-refractivity contribution in [2.75, 3.05) is 0 Å². The Morgan fingerprint density at radius 3 is 2.88 bits per heavy atom. The zero-order valence-electron chi connectivity index (χ0n) is 15.1.